The number of carbonyl (C=O) groups is 2. The quantitative estimate of drug-likeness (QED) is 0.420. The third-order valence-corrected chi connectivity index (χ3v) is 5.39. The van der Waals surface area contributed by atoms with Crippen molar-refractivity contribution in [2.45, 2.75) is 46.1 Å². The topological polar surface area (TPSA) is 107 Å². The van der Waals surface area contributed by atoms with Crippen LogP contribution in [0.1, 0.15) is 39.2 Å². The fourth-order valence-corrected chi connectivity index (χ4v) is 3.88. The van der Waals surface area contributed by atoms with Crippen LogP contribution in [0.2, 0.25) is 0 Å². The van der Waals surface area contributed by atoms with Crippen LogP contribution in [0, 0.1) is 5.92 Å². The van der Waals surface area contributed by atoms with Gasteiger partial charge in [-0.2, -0.15) is 0 Å². The lowest BCUT2D eigenvalue weighted by atomic mass is 10.0. The van der Waals surface area contributed by atoms with E-state index in [-0.39, 0.29) is 24.0 Å². The molecule has 0 fully saturated rings. The van der Waals surface area contributed by atoms with Gasteiger partial charge < -0.3 is 19.9 Å². The molecule has 2 N–H and O–H groups in total. The molecule has 2 atom stereocenters. The summed E-state index contributed by atoms with van der Waals surface area (Å²) in [5, 5.41) is 5.37. The maximum Gasteiger partial charge on any atom is 0.248 e. The molecular weight excluding hydrogens is 401 g/mol. The van der Waals surface area contributed by atoms with Gasteiger partial charge in [0.05, 0.1) is 6.26 Å². The Morgan fingerprint density at radius 2 is 1.90 bits per heavy atom. The first-order valence-electron chi connectivity index (χ1n) is 10.2. The number of furan rings is 1. The highest BCUT2D eigenvalue weighted by Crippen LogP contribution is 2.21. The van der Waals surface area contributed by atoms with Gasteiger partial charge >= 0.3 is 0 Å². The molecule has 2 rings (SSSR count). The van der Waals surface area contributed by atoms with Crippen LogP contribution in [-0.2, 0) is 16.0 Å². The molecule has 0 saturated heterocycles. The summed E-state index contributed by atoms with van der Waals surface area (Å²) in [5.74, 6) is 0.589. The van der Waals surface area contributed by atoms with Crippen LogP contribution in [0.4, 0.5) is 0 Å². The Morgan fingerprint density at radius 1 is 1.17 bits per heavy atom. The Bertz CT molecular complexity index is 833. The molecule has 0 spiro atoms. The summed E-state index contributed by atoms with van der Waals surface area (Å²) in [5.41, 5.74) is 2.21. The molecule has 30 heavy (non-hydrogen) atoms. The predicted octanol–water partition coefficient (Wildman–Crippen LogP) is 3.44. The lowest BCUT2D eigenvalue weighted by Gasteiger charge is -2.14. The number of rotatable bonds is 11. The van der Waals surface area contributed by atoms with Crippen LogP contribution < -0.4 is 15.5 Å². The Labute approximate surface area is 178 Å². The number of amides is 2. The van der Waals surface area contributed by atoms with Crippen molar-refractivity contribution in [1.29, 1.82) is 0 Å². The summed E-state index contributed by atoms with van der Waals surface area (Å²) in [4.78, 5) is 35.5. The fraction of sp³-hybridized carbons (Fsp3) is 0.455. The van der Waals surface area contributed by atoms with Gasteiger partial charge in [-0.05, 0) is 42.9 Å². The lowest BCUT2D eigenvalue weighted by Crippen LogP contribution is -2.35. The minimum absolute atomic E-state index is 0.0411. The highest BCUT2D eigenvalue weighted by Gasteiger charge is 2.22. The van der Waals surface area contributed by atoms with Crippen molar-refractivity contribution in [2.75, 3.05) is 12.8 Å². The van der Waals surface area contributed by atoms with Gasteiger partial charge in [-0.15, -0.1) is 0 Å². The zero-order chi connectivity index (χ0) is 21.9. The zero-order valence-electron chi connectivity index (χ0n) is 17.8. The van der Waals surface area contributed by atoms with Gasteiger partial charge in [0.2, 0.25) is 11.8 Å². The molecule has 1 aromatic carbocycles. The Balaban J connectivity index is 1.81. The number of carbonyl (C=O) groups excluding carboxylic acids is 2. The minimum Gasteiger partial charge on any atom is -0.611 e. The molecule has 0 aliphatic heterocycles. The van der Waals surface area contributed by atoms with E-state index in [1.165, 1.54) is 12.5 Å². The minimum atomic E-state index is -2.01. The zero-order valence-corrected chi connectivity index (χ0v) is 18.7. The number of aryl methyl sites for hydroxylation is 1. The van der Waals surface area contributed by atoms with E-state index in [9.17, 15) is 14.5 Å². The molecule has 2 aromatic rings. The molecule has 2 amide bonds. The highest BCUT2D eigenvalue weighted by molar-refractivity contribution is 7.39. The summed E-state index contributed by atoms with van der Waals surface area (Å²) in [6.07, 6.45) is 3.75. The van der Waals surface area contributed by atoms with Gasteiger partial charge in [-0.1, -0.05) is 42.9 Å². The maximum atomic E-state index is 12.5. The van der Waals surface area contributed by atoms with Crippen molar-refractivity contribution in [3.8, 4) is 11.3 Å². The average Bonchev–Trinajstić information content (AvgIpc) is 3.24. The average molecular weight is 431 g/mol. The van der Waals surface area contributed by atoms with E-state index in [2.05, 4.69) is 27.5 Å². The van der Waals surface area contributed by atoms with Crippen LogP contribution >= 0.6 is 7.94 Å². The van der Waals surface area contributed by atoms with E-state index in [0.29, 0.717) is 13.0 Å². The van der Waals surface area contributed by atoms with E-state index in [1.807, 2.05) is 38.1 Å². The molecule has 0 aliphatic carbocycles. The molecule has 7 nitrogen and oxygen atoms in total. The first-order valence-corrected chi connectivity index (χ1v) is 11.5. The van der Waals surface area contributed by atoms with Crippen molar-refractivity contribution in [3.63, 3.8) is 0 Å². The summed E-state index contributed by atoms with van der Waals surface area (Å²) >= 11 is 0. The van der Waals surface area contributed by atoms with Crippen molar-refractivity contribution in [3.05, 3.63) is 48.2 Å². The van der Waals surface area contributed by atoms with E-state index in [4.69, 9.17) is 4.42 Å². The summed E-state index contributed by atoms with van der Waals surface area (Å²) in [6, 6.07) is 11.3. The summed E-state index contributed by atoms with van der Waals surface area (Å²) in [7, 11) is -2.01. The second-order valence-electron chi connectivity index (χ2n) is 7.57. The van der Waals surface area contributed by atoms with E-state index >= 15 is 0 Å². The van der Waals surface area contributed by atoms with Gasteiger partial charge in [0, 0.05) is 19.0 Å². The molecule has 1 heterocycles. The Kier molecular flexibility index (Phi) is 9.71. The highest BCUT2D eigenvalue weighted by atomic mass is 31.1. The van der Waals surface area contributed by atoms with E-state index < -0.39 is 14.0 Å². The molecule has 0 bridgehead atoms. The standard InChI is InChI=1S/C22H30N3O4P/c1-16(2)14-20(25-30(28)15-24-17(3)26)22(27)23-12-4-6-18-8-10-19(11-9-18)21-7-5-13-29-21/h5,7-11,13,16,20H,4,6,12,14-15H2,1-3H3,(H,23,27)(H,24,26)/t20-/m0/s1. The SMILES string of the molecule is CC(=O)NC[P+]([O-])=N[C@@H](CC(C)C)C(=O)NCCCc1ccc(-c2ccco2)cc1. The van der Waals surface area contributed by atoms with Crippen LogP contribution in [0.5, 0.6) is 0 Å². The van der Waals surface area contributed by atoms with Gasteiger partial charge in [-0.25, -0.2) is 0 Å². The maximum absolute atomic E-state index is 12.5. The normalized spacial score (nSPS) is 12.6. The number of hydrogen-bond acceptors (Lipinski definition) is 5. The van der Waals surface area contributed by atoms with Crippen LogP contribution in [0.3, 0.4) is 0 Å². The lowest BCUT2D eigenvalue weighted by molar-refractivity contribution is -0.157. The van der Waals surface area contributed by atoms with Crippen LogP contribution in [-0.4, -0.2) is 30.7 Å². The number of hydrogen-bond donors (Lipinski definition) is 2. The van der Waals surface area contributed by atoms with E-state index in [1.54, 1.807) is 6.26 Å². The van der Waals surface area contributed by atoms with Crippen molar-refractivity contribution < 1.29 is 18.9 Å². The molecular formula is C22H30N3O4P. The predicted molar refractivity (Wildman–Crippen MR) is 117 cm³/mol. The first kappa shape index (κ1) is 23.8. The molecule has 0 saturated carbocycles. The first-order chi connectivity index (χ1) is 14.3. The monoisotopic (exact) mass is 431 g/mol. The largest absolute Gasteiger partial charge is 0.611 e. The van der Waals surface area contributed by atoms with E-state index in [0.717, 1.165) is 24.2 Å². The van der Waals surface area contributed by atoms with Gasteiger partial charge in [-0.3, -0.25) is 9.59 Å². The van der Waals surface area contributed by atoms with Gasteiger partial charge in [0.25, 0.3) is 0 Å². The summed E-state index contributed by atoms with van der Waals surface area (Å²) in [6.45, 7) is 5.85. The van der Waals surface area contributed by atoms with Crippen LogP contribution in [0.25, 0.3) is 11.3 Å². The van der Waals surface area contributed by atoms with Crippen molar-refractivity contribution in [1.82, 2.24) is 10.6 Å². The third kappa shape index (κ3) is 8.47. The van der Waals surface area contributed by atoms with Gasteiger partial charge in [0.15, 0.2) is 20.3 Å². The fourth-order valence-electron chi connectivity index (χ4n) is 2.93. The number of nitrogens with one attached hydrogen (secondary N) is 2. The molecule has 0 radical (unpaired) electrons. The van der Waals surface area contributed by atoms with Crippen molar-refractivity contribution >= 4 is 19.8 Å². The molecule has 8 heteroatoms. The Hall–Kier alpha value is -2.50. The third-order valence-electron chi connectivity index (χ3n) is 4.43. The Morgan fingerprint density at radius 3 is 2.50 bits per heavy atom. The molecule has 162 valence electrons. The van der Waals surface area contributed by atoms with Crippen LogP contribution in [0.15, 0.2) is 51.8 Å². The van der Waals surface area contributed by atoms with Gasteiger partial charge in [0.1, 0.15) is 5.76 Å². The van der Waals surface area contributed by atoms with Crippen molar-refractivity contribution in [2.24, 2.45) is 10.7 Å². The molecule has 0 aliphatic rings. The molecule has 1 aromatic heterocycles. The second kappa shape index (κ2) is 12.3. The summed E-state index contributed by atoms with van der Waals surface area (Å²) < 4.78 is 9.52. The second-order valence-corrected chi connectivity index (χ2v) is 8.82. The molecule has 1 unspecified atom stereocenters. The number of nitrogens with zero attached hydrogens (tertiary/aromatic N) is 1. The smallest absolute Gasteiger partial charge is 0.248 e. The number of benzene rings is 1.